The first-order chi connectivity index (χ1) is 15.6. The van der Waals surface area contributed by atoms with Gasteiger partial charge in [0, 0.05) is 31.2 Å². The summed E-state index contributed by atoms with van der Waals surface area (Å²) in [5.74, 6) is 0.598. The smallest absolute Gasteiger partial charge is 0.232 e. The molecule has 0 aliphatic rings. The number of carbonyl (C=O) groups excluding carboxylic acids is 1. The Bertz CT molecular complexity index is 1190. The van der Waals surface area contributed by atoms with Crippen LogP contribution < -0.4 is 14.4 Å². The van der Waals surface area contributed by atoms with E-state index in [0.29, 0.717) is 23.0 Å². The van der Waals surface area contributed by atoms with E-state index in [1.807, 2.05) is 12.1 Å². The van der Waals surface area contributed by atoms with Crippen molar-refractivity contribution >= 4 is 27.3 Å². The number of ether oxygens (including phenoxy) is 1. The van der Waals surface area contributed by atoms with E-state index in [1.165, 1.54) is 12.6 Å². The zero-order chi connectivity index (χ0) is 24.0. The molecule has 3 rings (SSSR count). The predicted octanol–water partition coefficient (Wildman–Crippen LogP) is 4.36. The number of anilines is 2. The standard InChI is InChI=1S/C25H29N3O4S/c1-18(2)21-7-5-20(6-8-21)17-32-24-16-22(9-10-23(24)28(3)33(4,30)31)27-25(29)15-19-11-13-26-14-12-19/h5-14,16,18H,15,17H2,1-4H3,(H,27,29). The minimum atomic E-state index is -3.49. The van der Waals surface area contributed by atoms with Gasteiger partial charge in [-0.1, -0.05) is 38.1 Å². The van der Waals surface area contributed by atoms with Gasteiger partial charge in [-0.25, -0.2) is 8.42 Å². The van der Waals surface area contributed by atoms with Crippen LogP contribution in [0.15, 0.2) is 67.0 Å². The molecular formula is C25H29N3O4S. The monoisotopic (exact) mass is 467 g/mol. The molecule has 0 bridgehead atoms. The molecule has 0 atom stereocenters. The van der Waals surface area contributed by atoms with Gasteiger partial charge in [0.15, 0.2) is 0 Å². The molecule has 174 valence electrons. The SMILES string of the molecule is CC(C)c1ccc(COc2cc(NC(=O)Cc3ccncc3)ccc2N(C)S(C)(=O)=O)cc1. The van der Waals surface area contributed by atoms with Gasteiger partial charge in [-0.3, -0.25) is 14.1 Å². The lowest BCUT2D eigenvalue weighted by molar-refractivity contribution is -0.115. The van der Waals surface area contributed by atoms with Gasteiger partial charge in [0.1, 0.15) is 12.4 Å². The molecule has 0 unspecified atom stereocenters. The van der Waals surface area contributed by atoms with Crippen molar-refractivity contribution < 1.29 is 17.9 Å². The molecule has 0 radical (unpaired) electrons. The molecule has 33 heavy (non-hydrogen) atoms. The van der Waals surface area contributed by atoms with Crippen LogP contribution in [0.4, 0.5) is 11.4 Å². The molecule has 0 spiro atoms. The van der Waals surface area contributed by atoms with E-state index in [1.54, 1.807) is 42.7 Å². The number of hydrogen-bond donors (Lipinski definition) is 1. The van der Waals surface area contributed by atoms with E-state index in [0.717, 1.165) is 21.7 Å². The van der Waals surface area contributed by atoms with E-state index in [4.69, 9.17) is 4.74 Å². The Hall–Kier alpha value is -3.39. The first kappa shape index (κ1) is 24.3. The maximum absolute atomic E-state index is 12.5. The third kappa shape index (κ3) is 6.79. The van der Waals surface area contributed by atoms with Crippen molar-refractivity contribution in [3.63, 3.8) is 0 Å². The number of nitrogens with zero attached hydrogens (tertiary/aromatic N) is 2. The molecule has 1 amide bonds. The highest BCUT2D eigenvalue weighted by atomic mass is 32.2. The van der Waals surface area contributed by atoms with Crippen LogP contribution in [0.25, 0.3) is 0 Å². The van der Waals surface area contributed by atoms with E-state index in [-0.39, 0.29) is 18.9 Å². The second-order valence-corrected chi connectivity index (χ2v) is 10.2. The Morgan fingerprint density at radius 2 is 1.70 bits per heavy atom. The highest BCUT2D eigenvalue weighted by Gasteiger charge is 2.18. The number of rotatable bonds is 9. The van der Waals surface area contributed by atoms with Crippen LogP contribution in [-0.2, 0) is 27.8 Å². The van der Waals surface area contributed by atoms with Crippen LogP contribution >= 0.6 is 0 Å². The molecule has 0 aliphatic heterocycles. The topological polar surface area (TPSA) is 88.6 Å². The fourth-order valence-corrected chi connectivity index (χ4v) is 3.71. The van der Waals surface area contributed by atoms with E-state index < -0.39 is 10.0 Å². The molecule has 2 aromatic carbocycles. The van der Waals surface area contributed by atoms with Gasteiger partial charge in [-0.05, 0) is 46.9 Å². The van der Waals surface area contributed by atoms with Crippen molar-refractivity contribution in [2.45, 2.75) is 32.8 Å². The van der Waals surface area contributed by atoms with Crippen LogP contribution in [0.3, 0.4) is 0 Å². The van der Waals surface area contributed by atoms with Gasteiger partial charge in [-0.15, -0.1) is 0 Å². The summed E-state index contributed by atoms with van der Waals surface area (Å²) < 4.78 is 31.4. The fraction of sp³-hybridized carbons (Fsp3) is 0.280. The number of amides is 1. The van der Waals surface area contributed by atoms with Crippen molar-refractivity contribution in [1.29, 1.82) is 0 Å². The third-order valence-electron chi connectivity index (χ3n) is 5.24. The largest absolute Gasteiger partial charge is 0.487 e. The van der Waals surface area contributed by atoms with Crippen molar-refractivity contribution in [2.75, 3.05) is 22.9 Å². The number of carbonyl (C=O) groups is 1. The summed E-state index contributed by atoms with van der Waals surface area (Å²) in [6.45, 7) is 4.53. The average molecular weight is 468 g/mol. The molecule has 0 fully saturated rings. The first-order valence-corrected chi connectivity index (χ1v) is 12.5. The zero-order valence-corrected chi connectivity index (χ0v) is 20.1. The molecule has 0 saturated carbocycles. The summed E-state index contributed by atoms with van der Waals surface area (Å²) in [6, 6.07) is 16.6. The van der Waals surface area contributed by atoms with Crippen LogP contribution in [0.1, 0.15) is 36.5 Å². The minimum absolute atomic E-state index is 0.194. The normalized spacial score (nSPS) is 11.3. The number of hydrogen-bond acceptors (Lipinski definition) is 5. The molecule has 1 heterocycles. The zero-order valence-electron chi connectivity index (χ0n) is 19.3. The lowest BCUT2D eigenvalue weighted by Gasteiger charge is -2.21. The Morgan fingerprint density at radius 3 is 2.30 bits per heavy atom. The van der Waals surface area contributed by atoms with Crippen LogP contribution in [0.2, 0.25) is 0 Å². The Morgan fingerprint density at radius 1 is 1.03 bits per heavy atom. The van der Waals surface area contributed by atoms with Gasteiger partial charge < -0.3 is 10.1 Å². The van der Waals surface area contributed by atoms with Gasteiger partial charge in [0.05, 0.1) is 18.4 Å². The molecule has 1 aromatic heterocycles. The minimum Gasteiger partial charge on any atom is -0.487 e. The van der Waals surface area contributed by atoms with Crippen molar-refractivity contribution in [3.8, 4) is 5.75 Å². The molecule has 0 aliphatic carbocycles. The highest BCUT2D eigenvalue weighted by molar-refractivity contribution is 7.92. The third-order valence-corrected chi connectivity index (χ3v) is 6.43. The molecule has 8 heteroatoms. The Kier molecular flexibility index (Phi) is 7.71. The van der Waals surface area contributed by atoms with Crippen molar-refractivity contribution in [3.05, 3.63) is 83.7 Å². The van der Waals surface area contributed by atoms with Crippen LogP contribution in [0, 0.1) is 0 Å². The first-order valence-electron chi connectivity index (χ1n) is 10.6. The molecule has 1 N–H and O–H groups in total. The Labute approximate surface area is 195 Å². The maximum atomic E-state index is 12.5. The maximum Gasteiger partial charge on any atom is 0.232 e. The highest BCUT2D eigenvalue weighted by Crippen LogP contribution is 2.33. The number of benzene rings is 2. The second kappa shape index (κ2) is 10.5. The second-order valence-electron chi connectivity index (χ2n) is 8.18. The fourth-order valence-electron chi connectivity index (χ4n) is 3.20. The number of pyridine rings is 1. The summed E-state index contributed by atoms with van der Waals surface area (Å²) in [6.07, 6.45) is 4.61. The van der Waals surface area contributed by atoms with E-state index in [9.17, 15) is 13.2 Å². The predicted molar refractivity (Wildman–Crippen MR) is 131 cm³/mol. The number of nitrogens with one attached hydrogen (secondary N) is 1. The molecule has 7 nitrogen and oxygen atoms in total. The van der Waals surface area contributed by atoms with E-state index in [2.05, 4.69) is 36.3 Å². The van der Waals surface area contributed by atoms with Crippen LogP contribution in [0.5, 0.6) is 5.75 Å². The summed E-state index contributed by atoms with van der Waals surface area (Å²) in [4.78, 5) is 16.4. The summed E-state index contributed by atoms with van der Waals surface area (Å²) in [7, 11) is -2.02. The summed E-state index contributed by atoms with van der Waals surface area (Å²) >= 11 is 0. The van der Waals surface area contributed by atoms with Crippen LogP contribution in [-0.4, -0.2) is 32.6 Å². The van der Waals surface area contributed by atoms with Gasteiger partial charge >= 0.3 is 0 Å². The lowest BCUT2D eigenvalue weighted by Crippen LogP contribution is -2.25. The molecular weight excluding hydrogens is 438 g/mol. The van der Waals surface area contributed by atoms with Crippen molar-refractivity contribution in [2.24, 2.45) is 0 Å². The Balaban J connectivity index is 1.80. The van der Waals surface area contributed by atoms with Gasteiger partial charge in [-0.2, -0.15) is 0 Å². The van der Waals surface area contributed by atoms with E-state index >= 15 is 0 Å². The average Bonchev–Trinajstić information content (AvgIpc) is 2.77. The van der Waals surface area contributed by atoms with Gasteiger partial charge in [0.2, 0.25) is 15.9 Å². The molecule has 3 aromatic rings. The van der Waals surface area contributed by atoms with Crippen molar-refractivity contribution in [1.82, 2.24) is 4.98 Å². The van der Waals surface area contributed by atoms with Gasteiger partial charge in [0.25, 0.3) is 0 Å². The number of aromatic nitrogens is 1. The summed E-state index contributed by atoms with van der Waals surface area (Å²) in [5, 5.41) is 2.85. The number of sulfonamides is 1. The molecule has 0 saturated heterocycles. The lowest BCUT2D eigenvalue weighted by atomic mass is 10.0. The summed E-state index contributed by atoms with van der Waals surface area (Å²) in [5.41, 5.74) is 3.94. The quantitative estimate of drug-likeness (QED) is 0.505.